The number of benzene rings is 1. The molecular weight excluding hydrogens is 270 g/mol. The second-order valence-corrected chi connectivity index (χ2v) is 5.42. The number of hydrogen-bond acceptors (Lipinski definition) is 3. The minimum atomic E-state index is 0.698. The Hall–Kier alpha value is -1.45. The van der Waals surface area contributed by atoms with Crippen LogP contribution in [0.3, 0.4) is 0 Å². The zero-order chi connectivity index (χ0) is 14.5. The van der Waals surface area contributed by atoms with Gasteiger partial charge in [-0.15, -0.1) is 0 Å². The molecule has 2 N–H and O–H groups in total. The lowest BCUT2D eigenvalue weighted by atomic mass is 10.1. The van der Waals surface area contributed by atoms with Gasteiger partial charge in [0.15, 0.2) is 0 Å². The summed E-state index contributed by atoms with van der Waals surface area (Å²) in [6, 6.07) is 7.82. The smallest absolute Gasteiger partial charge is 0.133 e. The molecule has 0 aliphatic carbocycles. The molecule has 0 spiro atoms. The van der Waals surface area contributed by atoms with E-state index in [1.165, 1.54) is 5.56 Å². The number of hydrogen-bond donors (Lipinski definition) is 1. The quantitative estimate of drug-likeness (QED) is 0.919. The van der Waals surface area contributed by atoms with E-state index in [9.17, 15) is 0 Å². The van der Waals surface area contributed by atoms with Gasteiger partial charge in [0.1, 0.15) is 5.82 Å². The van der Waals surface area contributed by atoms with Gasteiger partial charge in [-0.25, -0.2) is 9.97 Å². The molecule has 2 rings (SSSR count). The number of nitrogens with zero attached hydrogens (tertiary/aromatic N) is 2. The Labute approximate surface area is 125 Å². The van der Waals surface area contributed by atoms with Crippen molar-refractivity contribution in [2.45, 2.75) is 33.1 Å². The summed E-state index contributed by atoms with van der Waals surface area (Å²) in [6.07, 6.45) is 2.63. The van der Waals surface area contributed by atoms with Crippen LogP contribution >= 0.6 is 11.6 Å². The lowest BCUT2D eigenvalue weighted by Gasteiger charge is -2.10. The molecule has 0 saturated heterocycles. The number of aromatic nitrogens is 2. The molecular formula is C16H20ClN3. The number of nitrogens with two attached hydrogens (primary N) is 1. The largest absolute Gasteiger partial charge is 0.330 e. The summed E-state index contributed by atoms with van der Waals surface area (Å²) < 4.78 is 0. The molecule has 0 radical (unpaired) electrons. The third-order valence-electron chi connectivity index (χ3n) is 3.35. The van der Waals surface area contributed by atoms with Crippen LogP contribution in [0, 0.1) is 13.8 Å². The molecule has 1 aromatic heterocycles. The average molecular weight is 290 g/mol. The predicted octanol–water partition coefficient (Wildman–Crippen LogP) is 3.23. The summed E-state index contributed by atoms with van der Waals surface area (Å²) in [5.74, 6) is 0.846. The van der Waals surface area contributed by atoms with Crippen molar-refractivity contribution in [3.05, 3.63) is 57.6 Å². The van der Waals surface area contributed by atoms with Gasteiger partial charge in [-0.05, 0) is 56.5 Å². The predicted molar refractivity (Wildman–Crippen MR) is 83.1 cm³/mol. The Morgan fingerprint density at radius 2 is 1.85 bits per heavy atom. The molecule has 0 unspecified atom stereocenters. The minimum absolute atomic E-state index is 0.698. The maximum absolute atomic E-state index is 6.00. The van der Waals surface area contributed by atoms with Gasteiger partial charge >= 0.3 is 0 Å². The number of aryl methyl sites for hydroxylation is 2. The molecule has 0 saturated carbocycles. The Morgan fingerprint density at radius 1 is 1.15 bits per heavy atom. The number of halogens is 1. The normalized spacial score (nSPS) is 10.8. The van der Waals surface area contributed by atoms with E-state index in [0.717, 1.165) is 40.6 Å². The highest BCUT2D eigenvalue weighted by molar-refractivity contribution is 6.30. The second kappa shape index (κ2) is 6.82. The van der Waals surface area contributed by atoms with Crippen LogP contribution in [0.1, 0.15) is 34.8 Å². The van der Waals surface area contributed by atoms with Crippen molar-refractivity contribution in [3.63, 3.8) is 0 Å². The maximum Gasteiger partial charge on any atom is 0.133 e. The fourth-order valence-corrected chi connectivity index (χ4v) is 2.57. The van der Waals surface area contributed by atoms with Crippen LogP contribution in [0.2, 0.25) is 5.02 Å². The maximum atomic E-state index is 6.00. The molecule has 2 aromatic rings. The highest BCUT2D eigenvalue weighted by Crippen LogP contribution is 2.16. The molecule has 0 fully saturated rings. The van der Waals surface area contributed by atoms with E-state index in [2.05, 4.69) is 9.97 Å². The van der Waals surface area contributed by atoms with Gasteiger partial charge in [0.25, 0.3) is 0 Å². The molecule has 1 heterocycles. The van der Waals surface area contributed by atoms with Gasteiger partial charge < -0.3 is 5.73 Å². The Morgan fingerprint density at radius 3 is 2.45 bits per heavy atom. The van der Waals surface area contributed by atoms with E-state index in [0.29, 0.717) is 13.0 Å². The SMILES string of the molecule is Cc1nc(Cc2cccc(Cl)c2)nc(C)c1CCCN. The molecule has 106 valence electrons. The molecule has 0 aliphatic heterocycles. The third kappa shape index (κ3) is 3.78. The molecule has 3 nitrogen and oxygen atoms in total. The third-order valence-corrected chi connectivity index (χ3v) is 3.58. The van der Waals surface area contributed by atoms with Gasteiger partial charge in [-0.3, -0.25) is 0 Å². The minimum Gasteiger partial charge on any atom is -0.330 e. The first-order valence-corrected chi connectivity index (χ1v) is 7.25. The van der Waals surface area contributed by atoms with Crippen LogP contribution in [0.4, 0.5) is 0 Å². The first-order valence-electron chi connectivity index (χ1n) is 6.87. The van der Waals surface area contributed by atoms with Crippen molar-refractivity contribution in [1.29, 1.82) is 0 Å². The summed E-state index contributed by atoms with van der Waals surface area (Å²) >= 11 is 6.00. The molecule has 0 aliphatic rings. The van der Waals surface area contributed by atoms with E-state index < -0.39 is 0 Å². The summed E-state index contributed by atoms with van der Waals surface area (Å²) in [5.41, 5.74) is 10.0. The van der Waals surface area contributed by atoms with E-state index in [4.69, 9.17) is 17.3 Å². The van der Waals surface area contributed by atoms with Crippen LogP contribution in [0.15, 0.2) is 24.3 Å². The highest BCUT2D eigenvalue weighted by Gasteiger charge is 2.09. The van der Waals surface area contributed by atoms with Crippen molar-refractivity contribution >= 4 is 11.6 Å². The standard InChI is InChI=1S/C16H20ClN3/c1-11-15(7-4-8-18)12(2)20-16(19-11)10-13-5-3-6-14(17)9-13/h3,5-6,9H,4,7-8,10,18H2,1-2H3. The van der Waals surface area contributed by atoms with Crippen molar-refractivity contribution in [3.8, 4) is 0 Å². The highest BCUT2D eigenvalue weighted by atomic mass is 35.5. The van der Waals surface area contributed by atoms with Gasteiger partial charge in [-0.2, -0.15) is 0 Å². The van der Waals surface area contributed by atoms with Gasteiger partial charge in [0.05, 0.1) is 0 Å². The zero-order valence-electron chi connectivity index (χ0n) is 12.0. The Kier molecular flexibility index (Phi) is 5.10. The first kappa shape index (κ1) is 14.9. The van der Waals surface area contributed by atoms with Gasteiger partial charge in [-0.1, -0.05) is 23.7 Å². The van der Waals surface area contributed by atoms with Crippen molar-refractivity contribution in [1.82, 2.24) is 9.97 Å². The van der Waals surface area contributed by atoms with Crippen LogP contribution in [0.5, 0.6) is 0 Å². The molecule has 20 heavy (non-hydrogen) atoms. The van der Waals surface area contributed by atoms with E-state index in [1.807, 2.05) is 38.1 Å². The molecule has 1 aromatic carbocycles. The fourth-order valence-electron chi connectivity index (χ4n) is 2.36. The lowest BCUT2D eigenvalue weighted by Crippen LogP contribution is -2.08. The summed E-state index contributed by atoms with van der Waals surface area (Å²) in [5, 5.41) is 0.746. The monoisotopic (exact) mass is 289 g/mol. The van der Waals surface area contributed by atoms with E-state index in [1.54, 1.807) is 0 Å². The van der Waals surface area contributed by atoms with E-state index >= 15 is 0 Å². The molecule has 0 amide bonds. The molecule has 0 bridgehead atoms. The Bertz CT molecular complexity index is 573. The summed E-state index contributed by atoms with van der Waals surface area (Å²) in [7, 11) is 0. The van der Waals surface area contributed by atoms with Crippen LogP contribution in [-0.4, -0.2) is 16.5 Å². The number of rotatable bonds is 5. The van der Waals surface area contributed by atoms with Gasteiger partial charge in [0, 0.05) is 22.8 Å². The van der Waals surface area contributed by atoms with Crippen LogP contribution in [-0.2, 0) is 12.8 Å². The first-order chi connectivity index (χ1) is 9.60. The summed E-state index contributed by atoms with van der Waals surface area (Å²) in [4.78, 5) is 9.23. The Balaban J connectivity index is 2.21. The van der Waals surface area contributed by atoms with Crippen LogP contribution < -0.4 is 5.73 Å². The van der Waals surface area contributed by atoms with Gasteiger partial charge in [0.2, 0.25) is 0 Å². The van der Waals surface area contributed by atoms with Crippen molar-refractivity contribution in [2.24, 2.45) is 5.73 Å². The van der Waals surface area contributed by atoms with Crippen LogP contribution in [0.25, 0.3) is 0 Å². The topological polar surface area (TPSA) is 51.8 Å². The fraction of sp³-hybridized carbons (Fsp3) is 0.375. The lowest BCUT2D eigenvalue weighted by molar-refractivity contribution is 0.791. The summed E-state index contributed by atoms with van der Waals surface area (Å²) in [6.45, 7) is 4.78. The second-order valence-electron chi connectivity index (χ2n) is 4.99. The molecule has 4 heteroatoms. The van der Waals surface area contributed by atoms with E-state index in [-0.39, 0.29) is 0 Å². The zero-order valence-corrected chi connectivity index (χ0v) is 12.7. The van der Waals surface area contributed by atoms with Crippen molar-refractivity contribution in [2.75, 3.05) is 6.54 Å². The molecule has 0 atom stereocenters. The average Bonchev–Trinajstić information content (AvgIpc) is 2.38. The van der Waals surface area contributed by atoms with Crippen molar-refractivity contribution < 1.29 is 0 Å².